The summed E-state index contributed by atoms with van der Waals surface area (Å²) < 4.78 is 0. The van der Waals surface area contributed by atoms with Gasteiger partial charge in [-0.05, 0) is 54.0 Å². The van der Waals surface area contributed by atoms with Gasteiger partial charge in [-0.15, -0.1) is 0 Å². The van der Waals surface area contributed by atoms with Crippen molar-refractivity contribution in [2.24, 2.45) is 5.73 Å². The number of nitrogens with one attached hydrogen (secondary N) is 1. The standard InChI is InChI=1S/C21H23ClN2O/c22-17-7-5-16(6-8-17)21(9-10-21)20(25)19-11-15(13-24-19)18-4-2-1-3-14(18)12-23/h1-8,15,19,24H,9-13,23H2. The number of halogens is 1. The van der Waals surface area contributed by atoms with Gasteiger partial charge in [0.15, 0.2) is 5.78 Å². The van der Waals surface area contributed by atoms with Crippen molar-refractivity contribution in [2.45, 2.75) is 43.2 Å². The molecule has 0 aromatic heterocycles. The highest BCUT2D eigenvalue weighted by atomic mass is 35.5. The molecule has 2 atom stereocenters. The van der Waals surface area contributed by atoms with Gasteiger partial charge in [-0.25, -0.2) is 0 Å². The van der Waals surface area contributed by atoms with E-state index in [4.69, 9.17) is 17.3 Å². The fraction of sp³-hybridized carbons (Fsp3) is 0.381. The van der Waals surface area contributed by atoms with Crippen LogP contribution in [0, 0.1) is 0 Å². The van der Waals surface area contributed by atoms with Crippen LogP contribution in [-0.2, 0) is 16.8 Å². The summed E-state index contributed by atoms with van der Waals surface area (Å²) >= 11 is 6.00. The molecule has 1 aliphatic heterocycles. The first-order chi connectivity index (χ1) is 12.1. The van der Waals surface area contributed by atoms with E-state index in [0.717, 1.165) is 31.4 Å². The number of hydrogen-bond donors (Lipinski definition) is 2. The average Bonchev–Trinajstić information content (AvgIpc) is 3.31. The minimum absolute atomic E-state index is 0.0750. The molecule has 0 bridgehead atoms. The molecule has 0 spiro atoms. The van der Waals surface area contributed by atoms with Crippen LogP contribution in [0.4, 0.5) is 0 Å². The summed E-state index contributed by atoms with van der Waals surface area (Å²) in [6.45, 7) is 1.38. The van der Waals surface area contributed by atoms with Crippen LogP contribution in [0.5, 0.6) is 0 Å². The van der Waals surface area contributed by atoms with Gasteiger partial charge in [-0.1, -0.05) is 48.0 Å². The molecular formula is C21H23ClN2O. The van der Waals surface area contributed by atoms with Crippen LogP contribution in [0.25, 0.3) is 0 Å². The summed E-state index contributed by atoms with van der Waals surface area (Å²) in [5, 5.41) is 4.18. The lowest BCUT2D eigenvalue weighted by Crippen LogP contribution is -2.38. The predicted molar refractivity (Wildman–Crippen MR) is 101 cm³/mol. The number of benzene rings is 2. The Hall–Kier alpha value is -1.68. The Morgan fingerprint density at radius 2 is 1.88 bits per heavy atom. The van der Waals surface area contributed by atoms with Crippen molar-refractivity contribution < 1.29 is 4.79 Å². The summed E-state index contributed by atoms with van der Waals surface area (Å²) in [7, 11) is 0. The van der Waals surface area contributed by atoms with Gasteiger partial charge >= 0.3 is 0 Å². The molecular weight excluding hydrogens is 332 g/mol. The Kier molecular flexibility index (Phi) is 4.40. The highest BCUT2D eigenvalue weighted by Crippen LogP contribution is 2.50. The van der Waals surface area contributed by atoms with E-state index < -0.39 is 0 Å². The highest BCUT2D eigenvalue weighted by Gasteiger charge is 2.53. The van der Waals surface area contributed by atoms with Crippen molar-refractivity contribution in [1.82, 2.24) is 5.32 Å². The average molecular weight is 355 g/mol. The number of carbonyl (C=O) groups is 1. The Morgan fingerprint density at radius 1 is 1.16 bits per heavy atom. The molecule has 1 aliphatic carbocycles. The first kappa shape index (κ1) is 16.8. The van der Waals surface area contributed by atoms with Crippen LogP contribution in [0.15, 0.2) is 48.5 Å². The normalized spacial score (nSPS) is 24.2. The third-order valence-electron chi connectivity index (χ3n) is 5.78. The second kappa shape index (κ2) is 6.56. The lowest BCUT2D eigenvalue weighted by atomic mass is 9.84. The van der Waals surface area contributed by atoms with Gasteiger partial charge < -0.3 is 11.1 Å². The highest BCUT2D eigenvalue weighted by molar-refractivity contribution is 6.30. The minimum Gasteiger partial charge on any atom is -0.326 e. The maximum Gasteiger partial charge on any atom is 0.160 e. The maximum atomic E-state index is 13.2. The number of hydrogen-bond acceptors (Lipinski definition) is 3. The first-order valence-electron chi connectivity index (χ1n) is 8.96. The lowest BCUT2D eigenvalue weighted by molar-refractivity contribution is -0.123. The zero-order valence-corrected chi connectivity index (χ0v) is 14.9. The third kappa shape index (κ3) is 3.01. The van der Waals surface area contributed by atoms with Crippen LogP contribution in [-0.4, -0.2) is 18.4 Å². The van der Waals surface area contributed by atoms with E-state index in [9.17, 15) is 4.79 Å². The lowest BCUT2D eigenvalue weighted by Gasteiger charge is -2.20. The van der Waals surface area contributed by atoms with E-state index in [-0.39, 0.29) is 11.5 Å². The van der Waals surface area contributed by atoms with Crippen molar-refractivity contribution in [3.63, 3.8) is 0 Å². The van der Waals surface area contributed by atoms with Gasteiger partial charge in [0, 0.05) is 18.1 Å². The summed E-state index contributed by atoms with van der Waals surface area (Å²) in [5.41, 5.74) is 9.15. The number of rotatable bonds is 5. The van der Waals surface area contributed by atoms with Crippen LogP contribution in [0.2, 0.25) is 5.02 Å². The monoisotopic (exact) mass is 354 g/mol. The van der Waals surface area contributed by atoms with Crippen LogP contribution in [0.1, 0.15) is 41.9 Å². The van der Waals surface area contributed by atoms with Gasteiger partial charge in [-0.2, -0.15) is 0 Å². The van der Waals surface area contributed by atoms with E-state index in [1.807, 2.05) is 30.3 Å². The second-order valence-corrected chi connectivity index (χ2v) is 7.69. The molecule has 4 rings (SSSR count). The quantitative estimate of drug-likeness (QED) is 0.863. The fourth-order valence-electron chi connectivity index (χ4n) is 4.20. The number of Topliss-reactive ketones (excluding diaryl/α,β-unsaturated/α-hetero) is 1. The maximum absolute atomic E-state index is 13.2. The number of carbonyl (C=O) groups excluding carboxylic acids is 1. The molecule has 0 amide bonds. The minimum atomic E-state index is -0.301. The van der Waals surface area contributed by atoms with Gasteiger partial charge in [-0.3, -0.25) is 4.79 Å². The molecule has 1 saturated carbocycles. The van der Waals surface area contributed by atoms with E-state index in [2.05, 4.69) is 23.5 Å². The van der Waals surface area contributed by atoms with Gasteiger partial charge in [0.05, 0.1) is 11.5 Å². The molecule has 25 heavy (non-hydrogen) atoms. The van der Waals surface area contributed by atoms with Crippen LogP contribution >= 0.6 is 11.6 Å². The van der Waals surface area contributed by atoms with Crippen LogP contribution in [0.3, 0.4) is 0 Å². The smallest absolute Gasteiger partial charge is 0.160 e. The summed E-state index contributed by atoms with van der Waals surface area (Å²) in [5.74, 6) is 0.692. The molecule has 1 heterocycles. The molecule has 2 aromatic carbocycles. The van der Waals surface area contributed by atoms with Crippen molar-refractivity contribution in [1.29, 1.82) is 0 Å². The van der Waals surface area contributed by atoms with Gasteiger partial charge in [0.25, 0.3) is 0 Å². The third-order valence-corrected chi connectivity index (χ3v) is 6.03. The van der Waals surface area contributed by atoms with Gasteiger partial charge in [0.1, 0.15) is 0 Å². The van der Waals surface area contributed by atoms with Crippen molar-refractivity contribution in [3.8, 4) is 0 Å². The molecule has 3 N–H and O–H groups in total. The van der Waals surface area contributed by atoms with Crippen molar-refractivity contribution >= 4 is 17.4 Å². The summed E-state index contributed by atoms with van der Waals surface area (Å²) in [6, 6.07) is 16.0. The Bertz CT molecular complexity index is 783. The molecule has 2 aromatic rings. The van der Waals surface area contributed by atoms with E-state index in [1.54, 1.807) is 0 Å². The Labute approximate surface area is 153 Å². The van der Waals surface area contributed by atoms with E-state index in [1.165, 1.54) is 11.1 Å². The molecule has 3 nitrogen and oxygen atoms in total. The molecule has 4 heteroatoms. The van der Waals surface area contributed by atoms with E-state index >= 15 is 0 Å². The largest absolute Gasteiger partial charge is 0.326 e. The topological polar surface area (TPSA) is 55.1 Å². The molecule has 1 saturated heterocycles. The zero-order valence-electron chi connectivity index (χ0n) is 14.2. The first-order valence-corrected chi connectivity index (χ1v) is 9.33. The van der Waals surface area contributed by atoms with Crippen molar-refractivity contribution in [2.75, 3.05) is 6.54 Å². The number of nitrogens with two attached hydrogens (primary N) is 1. The van der Waals surface area contributed by atoms with Crippen molar-refractivity contribution in [3.05, 3.63) is 70.2 Å². The Balaban J connectivity index is 1.52. The molecule has 130 valence electrons. The van der Waals surface area contributed by atoms with E-state index in [0.29, 0.717) is 23.3 Å². The predicted octanol–water partition coefficient (Wildman–Crippen LogP) is 3.55. The summed E-state index contributed by atoms with van der Waals surface area (Å²) in [6.07, 6.45) is 2.73. The molecule has 0 radical (unpaired) electrons. The zero-order chi connectivity index (χ0) is 17.4. The molecule has 2 unspecified atom stereocenters. The van der Waals surface area contributed by atoms with Gasteiger partial charge in [0.2, 0.25) is 0 Å². The second-order valence-electron chi connectivity index (χ2n) is 7.25. The van der Waals surface area contributed by atoms with Crippen LogP contribution < -0.4 is 11.1 Å². The molecule has 2 fully saturated rings. The summed E-state index contributed by atoms with van der Waals surface area (Å²) in [4.78, 5) is 13.2. The number of ketones is 1. The Morgan fingerprint density at radius 3 is 2.56 bits per heavy atom. The SMILES string of the molecule is NCc1ccccc1C1CNC(C(=O)C2(c3ccc(Cl)cc3)CC2)C1. The fourth-order valence-corrected chi connectivity index (χ4v) is 4.32. The molecule has 2 aliphatic rings.